The minimum absolute atomic E-state index is 1.36. The van der Waals surface area contributed by atoms with Gasteiger partial charge in [-0.15, -0.1) is 0 Å². The van der Waals surface area contributed by atoms with Crippen molar-refractivity contribution < 1.29 is 0 Å². The lowest BCUT2D eigenvalue weighted by Gasteiger charge is -2.26. The number of piperidine rings is 2. The van der Waals surface area contributed by atoms with Gasteiger partial charge in [0.1, 0.15) is 0 Å². The molecule has 2 aliphatic heterocycles. The summed E-state index contributed by atoms with van der Waals surface area (Å²) in [5, 5.41) is 0. The number of thioether (sulfide) groups is 1. The summed E-state index contributed by atoms with van der Waals surface area (Å²) in [4.78, 5) is 5.36. The van der Waals surface area contributed by atoms with Crippen LogP contribution in [0.4, 0.5) is 0 Å². The lowest BCUT2D eigenvalue weighted by Crippen LogP contribution is -2.30. The summed E-state index contributed by atoms with van der Waals surface area (Å²) in [5.74, 6) is 2.79. The van der Waals surface area contributed by atoms with Crippen molar-refractivity contribution in [3.05, 3.63) is 0 Å². The first kappa shape index (κ1) is 19.6. The van der Waals surface area contributed by atoms with Crippen LogP contribution in [-0.4, -0.2) is 60.6 Å². The van der Waals surface area contributed by atoms with Crippen molar-refractivity contribution in [2.75, 3.05) is 50.8 Å². The molecule has 2 fully saturated rings. The van der Waals surface area contributed by atoms with E-state index in [4.69, 9.17) is 0 Å². The van der Waals surface area contributed by atoms with E-state index in [0.717, 1.165) is 0 Å². The number of rotatable bonds is 12. The van der Waals surface area contributed by atoms with Crippen LogP contribution in [0, 0.1) is 0 Å². The monoisotopic (exact) mass is 340 g/mol. The van der Waals surface area contributed by atoms with Crippen LogP contribution in [0.3, 0.4) is 0 Å². The van der Waals surface area contributed by atoms with E-state index in [-0.39, 0.29) is 0 Å². The standard InChI is InChI=1S/C20H40N2S/c1-5-13-21(14-6-1)17-9-3-11-19-23-20-12-4-10-18-22-15-7-2-8-16-22/h1-20H2. The summed E-state index contributed by atoms with van der Waals surface area (Å²) < 4.78 is 0. The highest BCUT2D eigenvalue weighted by Crippen LogP contribution is 2.14. The van der Waals surface area contributed by atoms with Crippen molar-refractivity contribution >= 4 is 11.8 Å². The summed E-state index contributed by atoms with van der Waals surface area (Å²) in [5.41, 5.74) is 0. The lowest BCUT2D eigenvalue weighted by atomic mass is 10.1. The predicted molar refractivity (Wildman–Crippen MR) is 106 cm³/mol. The van der Waals surface area contributed by atoms with E-state index in [1.807, 2.05) is 0 Å². The molecule has 3 heteroatoms. The van der Waals surface area contributed by atoms with Crippen molar-refractivity contribution in [2.24, 2.45) is 0 Å². The van der Waals surface area contributed by atoms with Crippen LogP contribution in [0.25, 0.3) is 0 Å². The van der Waals surface area contributed by atoms with Crippen molar-refractivity contribution in [3.8, 4) is 0 Å². The van der Waals surface area contributed by atoms with Gasteiger partial charge in [0, 0.05) is 0 Å². The second kappa shape index (κ2) is 13.5. The molecule has 0 atom stereocenters. The van der Waals surface area contributed by atoms with E-state index < -0.39 is 0 Å². The first-order valence-electron chi connectivity index (χ1n) is 10.5. The Labute approximate surface area is 149 Å². The fourth-order valence-corrected chi connectivity index (χ4v) is 4.92. The van der Waals surface area contributed by atoms with Gasteiger partial charge >= 0.3 is 0 Å². The average Bonchev–Trinajstić information content (AvgIpc) is 2.61. The molecule has 0 radical (unpaired) electrons. The summed E-state index contributed by atoms with van der Waals surface area (Å²) in [6.45, 7) is 8.19. The van der Waals surface area contributed by atoms with E-state index in [1.54, 1.807) is 0 Å². The Balaban J connectivity index is 1.26. The molecule has 23 heavy (non-hydrogen) atoms. The number of nitrogens with zero attached hydrogens (tertiary/aromatic N) is 2. The molecular weight excluding hydrogens is 300 g/mol. The van der Waals surface area contributed by atoms with Crippen molar-refractivity contribution in [3.63, 3.8) is 0 Å². The molecule has 2 saturated heterocycles. The second-order valence-electron chi connectivity index (χ2n) is 7.54. The van der Waals surface area contributed by atoms with Crippen molar-refractivity contribution in [1.29, 1.82) is 0 Å². The molecular formula is C20H40N2S. The van der Waals surface area contributed by atoms with E-state index in [9.17, 15) is 0 Å². The molecule has 2 nitrogen and oxygen atoms in total. The SMILES string of the molecule is C(CCSCCCCCN1CCCCC1)CCN1CCCCC1. The molecule has 0 unspecified atom stereocenters. The van der Waals surface area contributed by atoms with Gasteiger partial charge in [0.05, 0.1) is 0 Å². The Morgan fingerprint density at radius 3 is 1.35 bits per heavy atom. The fraction of sp³-hybridized carbons (Fsp3) is 1.00. The predicted octanol–water partition coefficient (Wildman–Crippen LogP) is 5.03. The third kappa shape index (κ3) is 9.99. The van der Waals surface area contributed by atoms with E-state index in [1.165, 1.54) is 128 Å². The van der Waals surface area contributed by atoms with Crippen LogP contribution < -0.4 is 0 Å². The quantitative estimate of drug-likeness (QED) is 0.460. The second-order valence-corrected chi connectivity index (χ2v) is 8.76. The Bertz CT molecular complexity index is 234. The summed E-state index contributed by atoms with van der Waals surface area (Å²) in [7, 11) is 0. The molecule has 0 aromatic carbocycles. The summed E-state index contributed by atoms with van der Waals surface area (Å²) >= 11 is 2.20. The molecule has 2 heterocycles. The Morgan fingerprint density at radius 2 is 0.913 bits per heavy atom. The molecule has 0 spiro atoms. The molecule has 136 valence electrons. The van der Waals surface area contributed by atoms with Gasteiger partial charge in [-0.2, -0.15) is 11.8 Å². The normalized spacial score (nSPS) is 20.9. The third-order valence-corrected chi connectivity index (χ3v) is 6.58. The van der Waals surface area contributed by atoms with Gasteiger partial charge in [0.25, 0.3) is 0 Å². The van der Waals surface area contributed by atoms with Crippen LogP contribution in [0.5, 0.6) is 0 Å². The first-order chi connectivity index (χ1) is 11.4. The van der Waals surface area contributed by atoms with E-state index in [0.29, 0.717) is 0 Å². The fourth-order valence-electron chi connectivity index (χ4n) is 3.90. The number of likely N-dealkylation sites (tertiary alicyclic amines) is 2. The molecule has 0 N–H and O–H groups in total. The Morgan fingerprint density at radius 1 is 0.478 bits per heavy atom. The maximum Gasteiger partial charge on any atom is -0.00187 e. The van der Waals surface area contributed by atoms with Crippen molar-refractivity contribution in [2.45, 2.75) is 77.0 Å². The summed E-state index contributed by atoms with van der Waals surface area (Å²) in [6, 6.07) is 0. The summed E-state index contributed by atoms with van der Waals surface area (Å²) in [6.07, 6.45) is 17.3. The molecule has 0 aromatic rings. The van der Waals surface area contributed by atoms with Crippen LogP contribution in [0.2, 0.25) is 0 Å². The van der Waals surface area contributed by atoms with Gasteiger partial charge in [-0.1, -0.05) is 25.7 Å². The van der Waals surface area contributed by atoms with Crippen molar-refractivity contribution in [1.82, 2.24) is 9.80 Å². The third-order valence-electron chi connectivity index (χ3n) is 5.42. The lowest BCUT2D eigenvalue weighted by molar-refractivity contribution is 0.224. The zero-order valence-corrected chi connectivity index (χ0v) is 16.3. The molecule has 0 aromatic heterocycles. The average molecular weight is 341 g/mol. The molecule has 2 rings (SSSR count). The molecule has 0 amide bonds. The van der Waals surface area contributed by atoms with Gasteiger partial charge < -0.3 is 9.80 Å². The first-order valence-corrected chi connectivity index (χ1v) is 11.6. The van der Waals surface area contributed by atoms with Gasteiger partial charge in [-0.05, 0) is 102 Å². The highest BCUT2D eigenvalue weighted by molar-refractivity contribution is 7.99. The Kier molecular flexibility index (Phi) is 11.5. The molecule has 2 aliphatic rings. The minimum Gasteiger partial charge on any atom is -0.303 e. The molecule has 0 aliphatic carbocycles. The maximum absolute atomic E-state index is 2.68. The zero-order chi connectivity index (χ0) is 16.0. The number of hydrogen-bond acceptors (Lipinski definition) is 3. The van der Waals surface area contributed by atoms with Crippen LogP contribution in [0.1, 0.15) is 77.0 Å². The highest BCUT2D eigenvalue weighted by Gasteiger charge is 2.09. The van der Waals surface area contributed by atoms with Gasteiger partial charge in [-0.25, -0.2) is 0 Å². The topological polar surface area (TPSA) is 6.48 Å². The highest BCUT2D eigenvalue weighted by atomic mass is 32.2. The molecule has 0 saturated carbocycles. The van der Waals surface area contributed by atoms with E-state index in [2.05, 4.69) is 21.6 Å². The smallest absolute Gasteiger partial charge is 0.00187 e. The van der Waals surface area contributed by atoms with Crippen LogP contribution in [-0.2, 0) is 0 Å². The number of unbranched alkanes of at least 4 members (excludes halogenated alkanes) is 4. The van der Waals surface area contributed by atoms with Gasteiger partial charge in [-0.3, -0.25) is 0 Å². The number of hydrogen-bond donors (Lipinski definition) is 0. The zero-order valence-electron chi connectivity index (χ0n) is 15.4. The Hall–Kier alpha value is 0.270. The van der Waals surface area contributed by atoms with Gasteiger partial charge in [0.15, 0.2) is 0 Å². The van der Waals surface area contributed by atoms with E-state index >= 15 is 0 Å². The minimum atomic E-state index is 1.36. The largest absolute Gasteiger partial charge is 0.303 e. The maximum atomic E-state index is 2.68. The van der Waals surface area contributed by atoms with Crippen LogP contribution in [0.15, 0.2) is 0 Å². The van der Waals surface area contributed by atoms with Gasteiger partial charge in [0.2, 0.25) is 0 Å². The van der Waals surface area contributed by atoms with Crippen LogP contribution >= 0.6 is 11.8 Å². The molecule has 0 bridgehead atoms.